The minimum atomic E-state index is -0.536. The molecule has 1 heterocycles. The van der Waals surface area contributed by atoms with E-state index in [1.807, 2.05) is 78.8 Å². The van der Waals surface area contributed by atoms with Crippen LogP contribution in [0.5, 0.6) is 5.75 Å². The van der Waals surface area contributed by atoms with E-state index in [1.165, 1.54) is 4.90 Å². The summed E-state index contributed by atoms with van der Waals surface area (Å²) in [4.78, 5) is 27.4. The quantitative estimate of drug-likeness (QED) is 0.378. The van der Waals surface area contributed by atoms with E-state index in [4.69, 9.17) is 12.2 Å². The maximum atomic E-state index is 13.4. The van der Waals surface area contributed by atoms with Gasteiger partial charge in [0.25, 0.3) is 11.8 Å². The molecular weight excluding hydrogens is 420 g/mol. The monoisotopic (exact) mass is 450 g/mol. The standard InChI is InChI=1S/C26H30N2O3S/c1-15-9-8-10-17(11-15)28-23(31)18(22(30)27-24(28)32)12-16-13-19(25(2,3)4)21(29)20(14-16)26(5,6)7/h8-14,29H,1-7H3,(H,27,30,32)/b18-12+. The van der Waals surface area contributed by atoms with Crippen LogP contribution in [0.2, 0.25) is 0 Å². The van der Waals surface area contributed by atoms with E-state index in [1.54, 1.807) is 12.1 Å². The Morgan fingerprint density at radius 1 is 0.969 bits per heavy atom. The highest BCUT2D eigenvalue weighted by atomic mass is 32.1. The predicted molar refractivity (Wildman–Crippen MR) is 133 cm³/mol. The Hall–Kier alpha value is -2.99. The van der Waals surface area contributed by atoms with E-state index < -0.39 is 11.8 Å². The first-order valence-corrected chi connectivity index (χ1v) is 11.0. The third kappa shape index (κ3) is 4.60. The number of thiocarbonyl (C=S) groups is 1. The topological polar surface area (TPSA) is 69.6 Å². The number of hydrogen-bond acceptors (Lipinski definition) is 4. The molecule has 0 aliphatic carbocycles. The molecule has 2 N–H and O–H groups in total. The van der Waals surface area contributed by atoms with E-state index in [0.29, 0.717) is 11.3 Å². The average molecular weight is 451 g/mol. The molecular formula is C26H30N2O3S. The van der Waals surface area contributed by atoms with Gasteiger partial charge in [-0.1, -0.05) is 53.7 Å². The van der Waals surface area contributed by atoms with E-state index in [9.17, 15) is 14.7 Å². The lowest BCUT2D eigenvalue weighted by atomic mass is 9.78. The van der Waals surface area contributed by atoms with Gasteiger partial charge in [-0.05, 0) is 71.4 Å². The first-order chi connectivity index (χ1) is 14.7. The fourth-order valence-corrected chi connectivity index (χ4v) is 3.99. The largest absolute Gasteiger partial charge is 0.507 e. The molecule has 1 fully saturated rings. The maximum absolute atomic E-state index is 13.4. The Morgan fingerprint density at radius 2 is 1.53 bits per heavy atom. The predicted octanol–water partition coefficient (Wildman–Crippen LogP) is 5.13. The smallest absolute Gasteiger partial charge is 0.270 e. The number of nitrogens with one attached hydrogen (secondary N) is 1. The van der Waals surface area contributed by atoms with Gasteiger partial charge >= 0.3 is 0 Å². The molecule has 1 saturated heterocycles. The van der Waals surface area contributed by atoms with Gasteiger partial charge in [-0.2, -0.15) is 0 Å². The van der Waals surface area contributed by atoms with E-state index in [-0.39, 0.29) is 27.3 Å². The number of anilines is 1. The van der Waals surface area contributed by atoms with E-state index in [0.717, 1.165) is 16.7 Å². The second-order valence-electron chi connectivity index (χ2n) is 10.3. The van der Waals surface area contributed by atoms with Crippen molar-refractivity contribution < 1.29 is 14.7 Å². The third-order valence-electron chi connectivity index (χ3n) is 5.42. The molecule has 2 aromatic rings. The van der Waals surface area contributed by atoms with Crippen LogP contribution in [0.15, 0.2) is 42.0 Å². The van der Waals surface area contributed by atoms with Crippen LogP contribution in [0.3, 0.4) is 0 Å². The molecule has 6 heteroatoms. The van der Waals surface area contributed by atoms with Gasteiger partial charge in [0.1, 0.15) is 11.3 Å². The van der Waals surface area contributed by atoms with Crippen LogP contribution < -0.4 is 10.2 Å². The number of benzene rings is 2. The summed E-state index contributed by atoms with van der Waals surface area (Å²) in [6.07, 6.45) is 1.58. The van der Waals surface area contributed by atoms with Gasteiger partial charge in [-0.3, -0.25) is 19.8 Å². The SMILES string of the molecule is Cc1cccc(N2C(=O)/C(=C/c3cc(C(C)(C)C)c(O)c(C(C)(C)C)c3)C(=O)NC2=S)c1. The number of nitrogens with zero attached hydrogens (tertiary/aromatic N) is 1. The molecule has 0 radical (unpaired) electrons. The Balaban J connectivity index is 2.17. The fourth-order valence-electron chi connectivity index (χ4n) is 3.71. The van der Waals surface area contributed by atoms with Crippen LogP contribution in [0.1, 0.15) is 63.8 Å². The van der Waals surface area contributed by atoms with Crippen molar-refractivity contribution in [2.24, 2.45) is 0 Å². The van der Waals surface area contributed by atoms with Crippen molar-refractivity contribution in [1.29, 1.82) is 0 Å². The molecule has 32 heavy (non-hydrogen) atoms. The Morgan fingerprint density at radius 3 is 2.03 bits per heavy atom. The molecule has 0 spiro atoms. The van der Waals surface area contributed by atoms with Crippen molar-refractivity contribution in [2.75, 3.05) is 4.90 Å². The maximum Gasteiger partial charge on any atom is 0.270 e. The van der Waals surface area contributed by atoms with Crippen LogP contribution in [0.4, 0.5) is 5.69 Å². The van der Waals surface area contributed by atoms with Gasteiger partial charge in [0, 0.05) is 11.1 Å². The normalized spacial score (nSPS) is 16.5. The molecule has 0 saturated carbocycles. The second-order valence-corrected chi connectivity index (χ2v) is 10.6. The van der Waals surface area contributed by atoms with Gasteiger partial charge in [-0.25, -0.2) is 0 Å². The Kier molecular flexibility index (Phi) is 6.04. The number of aromatic hydroxyl groups is 1. The lowest BCUT2D eigenvalue weighted by molar-refractivity contribution is -0.122. The van der Waals surface area contributed by atoms with Crippen molar-refractivity contribution in [3.63, 3.8) is 0 Å². The van der Waals surface area contributed by atoms with Crippen molar-refractivity contribution in [1.82, 2.24) is 5.32 Å². The molecule has 0 bridgehead atoms. The van der Waals surface area contributed by atoms with Crippen LogP contribution >= 0.6 is 12.2 Å². The third-order valence-corrected chi connectivity index (χ3v) is 5.71. The molecule has 5 nitrogen and oxygen atoms in total. The summed E-state index contributed by atoms with van der Waals surface area (Å²) in [5.74, 6) is -0.771. The van der Waals surface area contributed by atoms with Crippen molar-refractivity contribution >= 4 is 40.9 Å². The highest BCUT2D eigenvalue weighted by Crippen LogP contribution is 2.40. The number of hydrogen-bond donors (Lipinski definition) is 2. The number of phenols is 1. The molecule has 168 valence electrons. The van der Waals surface area contributed by atoms with Gasteiger partial charge in [0.15, 0.2) is 5.11 Å². The molecule has 2 amide bonds. The molecule has 1 aliphatic heterocycles. The van der Waals surface area contributed by atoms with Crippen LogP contribution in [0, 0.1) is 6.92 Å². The zero-order chi connectivity index (χ0) is 24.0. The molecule has 0 aromatic heterocycles. The zero-order valence-electron chi connectivity index (χ0n) is 19.7. The summed E-state index contributed by atoms with van der Waals surface area (Å²) in [5, 5.41) is 13.6. The molecule has 1 aliphatic rings. The number of aryl methyl sites for hydroxylation is 1. The van der Waals surface area contributed by atoms with Crippen LogP contribution in [-0.4, -0.2) is 22.0 Å². The minimum absolute atomic E-state index is 0.00878. The number of rotatable bonds is 2. The Labute approximate surface area is 195 Å². The van der Waals surface area contributed by atoms with Gasteiger partial charge < -0.3 is 5.11 Å². The lowest BCUT2D eigenvalue weighted by Gasteiger charge is -2.30. The summed E-state index contributed by atoms with van der Waals surface area (Å²) in [5.41, 5.74) is 3.10. The molecule has 3 rings (SSSR count). The first-order valence-electron chi connectivity index (χ1n) is 10.6. The fraction of sp³-hybridized carbons (Fsp3) is 0.346. The van der Waals surface area contributed by atoms with E-state index in [2.05, 4.69) is 5.32 Å². The van der Waals surface area contributed by atoms with E-state index >= 15 is 0 Å². The van der Waals surface area contributed by atoms with Crippen molar-refractivity contribution in [3.05, 3.63) is 64.2 Å². The number of carbonyl (C=O) groups excluding carboxylic acids is 2. The lowest BCUT2D eigenvalue weighted by Crippen LogP contribution is -2.54. The highest BCUT2D eigenvalue weighted by molar-refractivity contribution is 7.80. The average Bonchev–Trinajstić information content (AvgIpc) is 2.64. The molecule has 0 unspecified atom stereocenters. The minimum Gasteiger partial charge on any atom is -0.507 e. The van der Waals surface area contributed by atoms with Gasteiger partial charge in [-0.15, -0.1) is 0 Å². The number of carbonyl (C=O) groups is 2. The highest BCUT2D eigenvalue weighted by Gasteiger charge is 2.35. The van der Waals surface area contributed by atoms with Crippen LogP contribution in [-0.2, 0) is 20.4 Å². The zero-order valence-corrected chi connectivity index (χ0v) is 20.5. The van der Waals surface area contributed by atoms with Crippen molar-refractivity contribution in [2.45, 2.75) is 59.3 Å². The molecule has 2 aromatic carbocycles. The van der Waals surface area contributed by atoms with Gasteiger partial charge in [0.05, 0.1) is 5.69 Å². The van der Waals surface area contributed by atoms with Crippen LogP contribution in [0.25, 0.3) is 6.08 Å². The second kappa shape index (κ2) is 8.17. The number of phenolic OH excluding ortho intramolecular Hbond substituents is 1. The summed E-state index contributed by atoms with van der Waals surface area (Å²) in [6, 6.07) is 11.1. The van der Waals surface area contributed by atoms with Gasteiger partial charge in [0.2, 0.25) is 0 Å². The first kappa shape index (κ1) is 23.7. The summed E-state index contributed by atoms with van der Waals surface area (Å²) >= 11 is 5.29. The Bertz CT molecular complexity index is 1120. The summed E-state index contributed by atoms with van der Waals surface area (Å²) in [7, 11) is 0. The molecule has 0 atom stereocenters. The summed E-state index contributed by atoms with van der Waals surface area (Å²) in [6.45, 7) is 14.0. The van der Waals surface area contributed by atoms with Crippen molar-refractivity contribution in [3.8, 4) is 5.75 Å². The summed E-state index contributed by atoms with van der Waals surface area (Å²) < 4.78 is 0. The number of amides is 2.